The lowest BCUT2D eigenvalue weighted by Gasteiger charge is -2.49. The molecule has 5 aliphatic carbocycles. The highest BCUT2D eigenvalue weighted by molar-refractivity contribution is 6.26. The van der Waals surface area contributed by atoms with E-state index in [9.17, 15) is 0 Å². The number of hydrogen-bond donors (Lipinski definition) is 0. The molecule has 0 heterocycles. The molecule has 0 aromatic heterocycles. The summed E-state index contributed by atoms with van der Waals surface area (Å²) in [7, 11) is 0. The van der Waals surface area contributed by atoms with Crippen molar-refractivity contribution in [2.75, 3.05) is 0 Å². The fourth-order valence-corrected chi connectivity index (χ4v) is 16.5. The smallest absolute Gasteiger partial charge is 0.0619 e. The summed E-state index contributed by atoms with van der Waals surface area (Å²) < 4.78 is 0. The van der Waals surface area contributed by atoms with E-state index in [-0.39, 0.29) is 5.92 Å². The van der Waals surface area contributed by atoms with Crippen molar-refractivity contribution in [3.05, 3.63) is 345 Å². The van der Waals surface area contributed by atoms with E-state index in [2.05, 4.69) is 267 Å². The Morgan fingerprint density at radius 3 is 1.19 bits per heavy atom. The average molecular weight is 987 g/mol. The first-order valence-electron chi connectivity index (χ1n) is 28.0. The van der Waals surface area contributed by atoms with Gasteiger partial charge in [0.1, 0.15) is 0 Å². The van der Waals surface area contributed by atoms with Gasteiger partial charge in [0, 0.05) is 11.8 Å². The van der Waals surface area contributed by atoms with Crippen LogP contribution in [0.4, 0.5) is 0 Å². The second kappa shape index (κ2) is 15.6. The molecule has 0 saturated heterocycles. The summed E-state index contributed by atoms with van der Waals surface area (Å²) >= 11 is 0. The summed E-state index contributed by atoms with van der Waals surface area (Å²) in [4.78, 5) is 0. The molecule has 2 spiro atoms. The van der Waals surface area contributed by atoms with E-state index in [1.165, 1.54) is 155 Å². The molecule has 1 atom stereocenters. The third kappa shape index (κ3) is 5.35. The van der Waals surface area contributed by atoms with Gasteiger partial charge in [0.25, 0.3) is 0 Å². The minimum absolute atomic E-state index is 0.111. The van der Waals surface area contributed by atoms with Crippen molar-refractivity contribution in [2.24, 2.45) is 0 Å². The van der Waals surface area contributed by atoms with Crippen molar-refractivity contribution in [3.63, 3.8) is 0 Å². The molecule has 0 saturated carbocycles. The molecular weight excluding hydrogens is 937 g/mol. The molecule has 0 amide bonds. The lowest BCUT2D eigenvalue weighted by molar-refractivity contribution is 0.630. The van der Waals surface area contributed by atoms with Crippen LogP contribution in [0.25, 0.3) is 76.8 Å². The van der Waals surface area contributed by atoms with Crippen LogP contribution in [0.5, 0.6) is 0 Å². The fraction of sp³-hybridized carbons (Fsp3) is 0.0769. The number of hydrogen-bond acceptors (Lipinski definition) is 0. The van der Waals surface area contributed by atoms with Gasteiger partial charge in [0.2, 0.25) is 0 Å². The molecule has 0 nitrogen and oxygen atoms in total. The van der Waals surface area contributed by atoms with Gasteiger partial charge >= 0.3 is 0 Å². The van der Waals surface area contributed by atoms with E-state index < -0.39 is 10.8 Å². The van der Waals surface area contributed by atoms with Crippen molar-refractivity contribution in [1.82, 2.24) is 0 Å². The van der Waals surface area contributed by atoms with E-state index in [0.717, 1.165) is 12.8 Å². The molecule has 0 radical (unpaired) electrons. The highest BCUT2D eigenvalue weighted by atomic mass is 14.6. The Balaban J connectivity index is 0.946. The second-order valence-corrected chi connectivity index (χ2v) is 22.8. The van der Waals surface area contributed by atoms with Gasteiger partial charge < -0.3 is 0 Å². The Morgan fingerprint density at radius 1 is 0.269 bits per heavy atom. The Hall–Kier alpha value is -9.36. The first kappa shape index (κ1) is 42.8. The van der Waals surface area contributed by atoms with Gasteiger partial charge in [0.15, 0.2) is 0 Å². The molecule has 362 valence electrons. The van der Waals surface area contributed by atoms with Crippen LogP contribution in [0.1, 0.15) is 89.7 Å². The molecular formula is C78H50. The molecule has 0 heteroatoms. The molecule has 0 fully saturated rings. The quantitative estimate of drug-likeness (QED) is 0.155. The largest absolute Gasteiger partial charge is 0.0720 e. The zero-order valence-corrected chi connectivity index (χ0v) is 43.0. The highest BCUT2D eigenvalue weighted by Crippen LogP contribution is 2.68. The fourth-order valence-electron chi connectivity index (χ4n) is 16.5. The summed E-state index contributed by atoms with van der Waals surface area (Å²) in [5, 5.41) is 7.86. The monoisotopic (exact) mass is 986 g/mol. The molecule has 13 aromatic rings. The number of benzene rings is 13. The van der Waals surface area contributed by atoms with Gasteiger partial charge in [-0.1, -0.05) is 249 Å². The third-order valence-electron chi connectivity index (χ3n) is 19.5. The van der Waals surface area contributed by atoms with Crippen LogP contribution in [-0.2, 0) is 23.7 Å². The van der Waals surface area contributed by atoms with E-state index >= 15 is 0 Å². The SMILES string of the molecule is c1cc(CC2c3ccccc3-c3ccccc32)cc(C2Cc3cc4c(cc3-c3cc5c6ccccc6c6ccccc6c5cc32)C2(c3ccccc3-c3ccccc32)c2ccccc2C42c3ccccc3-c3ccccc32)c1. The molecule has 0 aliphatic heterocycles. The van der Waals surface area contributed by atoms with Gasteiger partial charge in [-0.2, -0.15) is 0 Å². The highest BCUT2D eigenvalue weighted by Gasteiger charge is 2.59. The number of rotatable bonds is 3. The van der Waals surface area contributed by atoms with Gasteiger partial charge in [-0.25, -0.2) is 0 Å². The van der Waals surface area contributed by atoms with Crippen LogP contribution in [-0.4, -0.2) is 0 Å². The molecule has 1 unspecified atom stereocenters. The summed E-state index contributed by atoms with van der Waals surface area (Å²) in [6, 6.07) is 104. The van der Waals surface area contributed by atoms with Crippen LogP contribution in [0.15, 0.2) is 267 Å². The van der Waals surface area contributed by atoms with Crippen molar-refractivity contribution in [2.45, 2.75) is 35.5 Å². The van der Waals surface area contributed by atoms with E-state index in [1.54, 1.807) is 0 Å². The zero-order valence-electron chi connectivity index (χ0n) is 43.0. The third-order valence-corrected chi connectivity index (χ3v) is 19.5. The number of fused-ring (bicyclic) bond motifs is 28. The van der Waals surface area contributed by atoms with Crippen LogP contribution in [0.3, 0.4) is 0 Å². The molecule has 78 heavy (non-hydrogen) atoms. The normalized spacial score (nSPS) is 16.0. The van der Waals surface area contributed by atoms with Crippen molar-refractivity contribution in [3.8, 4) is 44.5 Å². The summed E-state index contributed by atoms with van der Waals surface area (Å²) in [5.74, 6) is 0.414. The van der Waals surface area contributed by atoms with Gasteiger partial charge in [-0.3, -0.25) is 0 Å². The summed E-state index contributed by atoms with van der Waals surface area (Å²) in [6.45, 7) is 0. The van der Waals surface area contributed by atoms with Crippen LogP contribution < -0.4 is 0 Å². The topological polar surface area (TPSA) is 0 Å². The van der Waals surface area contributed by atoms with Gasteiger partial charge in [0.05, 0.1) is 10.8 Å². The van der Waals surface area contributed by atoms with E-state index in [0.29, 0.717) is 5.92 Å². The van der Waals surface area contributed by atoms with Crippen molar-refractivity contribution >= 4 is 32.3 Å². The van der Waals surface area contributed by atoms with Crippen LogP contribution in [0.2, 0.25) is 0 Å². The minimum Gasteiger partial charge on any atom is -0.0619 e. The molecule has 5 aliphatic rings. The Bertz CT molecular complexity index is 4640. The Kier molecular flexibility index (Phi) is 8.58. The second-order valence-electron chi connectivity index (χ2n) is 22.8. The van der Waals surface area contributed by atoms with Crippen molar-refractivity contribution in [1.29, 1.82) is 0 Å². The molecule has 0 bridgehead atoms. The predicted molar refractivity (Wildman–Crippen MR) is 322 cm³/mol. The molecule has 18 rings (SSSR count). The van der Waals surface area contributed by atoms with Crippen LogP contribution in [0, 0.1) is 0 Å². The maximum Gasteiger partial charge on any atom is 0.0720 e. The maximum atomic E-state index is 2.74. The maximum absolute atomic E-state index is 2.74. The van der Waals surface area contributed by atoms with E-state index in [4.69, 9.17) is 0 Å². The summed E-state index contributed by atoms with van der Waals surface area (Å²) in [5.41, 5.74) is 29.1. The zero-order chi connectivity index (χ0) is 50.8. The lowest BCUT2D eigenvalue weighted by atomic mass is 9.51. The first-order chi connectivity index (χ1) is 38.7. The molecule has 0 N–H and O–H groups in total. The predicted octanol–water partition coefficient (Wildman–Crippen LogP) is 18.9. The standard InChI is InChI=1S/C78H50/c1-5-26-54-50(22-1)51-23-2-6-27-55(51)64(54)41-47-20-19-21-48(40-47)62-42-49-43-75-76(46-63(49)68-45-66-57-29-8-4-25-53(57)52-24-3-7-28-56(52)65(66)44-67(62)68)78(71-36-15-11-32-60(71)61-33-12-16-37-72(61)78)74-39-18-17-38-73(74)77(75)69-34-13-9-30-58(69)59-31-10-14-35-70(59)77/h1-40,43-46,62,64H,41-42H2. The van der Waals surface area contributed by atoms with Gasteiger partial charge in [-0.05, 0) is 186 Å². The Morgan fingerprint density at radius 2 is 0.679 bits per heavy atom. The van der Waals surface area contributed by atoms with Crippen molar-refractivity contribution < 1.29 is 0 Å². The molecule has 13 aromatic carbocycles. The summed E-state index contributed by atoms with van der Waals surface area (Å²) in [6.07, 6.45) is 1.83. The van der Waals surface area contributed by atoms with E-state index in [1.807, 2.05) is 0 Å². The van der Waals surface area contributed by atoms with Gasteiger partial charge in [-0.15, -0.1) is 0 Å². The average Bonchev–Trinajstić information content (AvgIpc) is 3.38. The first-order valence-corrected chi connectivity index (χ1v) is 28.0. The lowest BCUT2D eigenvalue weighted by Crippen LogP contribution is -2.44. The Labute approximate surface area is 454 Å². The van der Waals surface area contributed by atoms with Crippen LogP contribution >= 0.6 is 0 Å². The minimum atomic E-state index is -0.575.